The summed E-state index contributed by atoms with van der Waals surface area (Å²) in [6.07, 6.45) is 0. The predicted molar refractivity (Wildman–Crippen MR) is 123 cm³/mol. The molecule has 0 aliphatic heterocycles. The van der Waals surface area contributed by atoms with Crippen molar-refractivity contribution in [3.05, 3.63) is 48.3 Å². The molecule has 1 aromatic heterocycles. The molecule has 10 nitrogen and oxygen atoms in total. The molecule has 2 amide bonds. The Labute approximate surface area is 196 Å². The third kappa shape index (κ3) is 6.27. The van der Waals surface area contributed by atoms with Gasteiger partial charge < -0.3 is 19.7 Å². The summed E-state index contributed by atoms with van der Waals surface area (Å²) in [5, 5.41) is 14.9. The number of ether oxygens (including phenoxy) is 2. The molecule has 0 atom stereocenters. The number of amides is 2. The number of carbonyl (C=O) groups is 2. The Morgan fingerprint density at radius 2 is 1.74 bits per heavy atom. The molecule has 0 aliphatic rings. The van der Waals surface area contributed by atoms with Gasteiger partial charge in [-0.2, -0.15) is 4.80 Å². The van der Waals surface area contributed by atoms with Crippen LogP contribution in [-0.4, -0.2) is 58.3 Å². The zero-order valence-electron chi connectivity index (χ0n) is 19.7. The number of aromatic nitrogens is 4. The standard InChI is InChI=1S/C23H27FN6O4/c1-23(2,3)25-20(31)13-29(17-10-11-18(33-4)19(12-17)34-5)21(32)14-30-27-22(26-28-30)15-6-8-16(24)9-7-15/h6-12H,13-14H2,1-5H3,(H,25,31). The number of carbonyl (C=O) groups excluding carboxylic acids is 2. The highest BCUT2D eigenvalue weighted by Crippen LogP contribution is 2.31. The minimum Gasteiger partial charge on any atom is -0.493 e. The van der Waals surface area contributed by atoms with E-state index in [0.717, 1.165) is 4.80 Å². The fraction of sp³-hybridized carbons (Fsp3) is 0.348. The normalized spacial score (nSPS) is 11.1. The maximum atomic E-state index is 13.3. The first-order valence-electron chi connectivity index (χ1n) is 10.5. The molecule has 180 valence electrons. The molecule has 1 heterocycles. The number of methoxy groups -OCH3 is 2. The van der Waals surface area contributed by atoms with Gasteiger partial charge in [-0.05, 0) is 62.4 Å². The predicted octanol–water partition coefficient (Wildman–Crippen LogP) is 2.44. The van der Waals surface area contributed by atoms with Crippen LogP contribution in [0, 0.1) is 5.82 Å². The van der Waals surface area contributed by atoms with E-state index in [4.69, 9.17) is 9.47 Å². The van der Waals surface area contributed by atoms with E-state index in [1.165, 1.54) is 43.4 Å². The summed E-state index contributed by atoms with van der Waals surface area (Å²) in [6.45, 7) is 5.05. The Bertz CT molecular complexity index is 1160. The molecule has 0 fully saturated rings. The number of hydrogen-bond acceptors (Lipinski definition) is 7. The molecule has 3 rings (SSSR count). The molecule has 1 N–H and O–H groups in total. The van der Waals surface area contributed by atoms with E-state index in [1.54, 1.807) is 18.2 Å². The largest absolute Gasteiger partial charge is 0.493 e. The van der Waals surface area contributed by atoms with Crippen LogP contribution < -0.4 is 19.7 Å². The van der Waals surface area contributed by atoms with Gasteiger partial charge in [0.1, 0.15) is 18.9 Å². The second-order valence-electron chi connectivity index (χ2n) is 8.47. The maximum absolute atomic E-state index is 13.3. The lowest BCUT2D eigenvalue weighted by atomic mass is 10.1. The Morgan fingerprint density at radius 3 is 2.35 bits per heavy atom. The van der Waals surface area contributed by atoms with Gasteiger partial charge in [0.15, 0.2) is 11.5 Å². The summed E-state index contributed by atoms with van der Waals surface area (Å²) in [5.74, 6) is -0.0268. The van der Waals surface area contributed by atoms with Crippen molar-refractivity contribution in [2.24, 2.45) is 0 Å². The van der Waals surface area contributed by atoms with E-state index < -0.39 is 11.4 Å². The number of hydrogen-bond donors (Lipinski definition) is 1. The molecule has 2 aromatic carbocycles. The van der Waals surface area contributed by atoms with E-state index in [0.29, 0.717) is 22.7 Å². The van der Waals surface area contributed by atoms with Crippen LogP contribution in [-0.2, 0) is 16.1 Å². The van der Waals surface area contributed by atoms with Crippen molar-refractivity contribution in [1.29, 1.82) is 0 Å². The molecule has 3 aromatic rings. The van der Waals surface area contributed by atoms with Crippen molar-refractivity contribution >= 4 is 17.5 Å². The average molecular weight is 471 g/mol. The molecule has 0 spiro atoms. The number of tetrazole rings is 1. The van der Waals surface area contributed by atoms with Gasteiger partial charge in [0.2, 0.25) is 11.7 Å². The lowest BCUT2D eigenvalue weighted by Gasteiger charge is -2.26. The molecule has 34 heavy (non-hydrogen) atoms. The molecule has 0 saturated heterocycles. The second-order valence-corrected chi connectivity index (χ2v) is 8.47. The van der Waals surface area contributed by atoms with Gasteiger partial charge in [-0.25, -0.2) is 4.39 Å². The van der Waals surface area contributed by atoms with Crippen molar-refractivity contribution in [3.8, 4) is 22.9 Å². The van der Waals surface area contributed by atoms with Crippen LogP contribution in [0.5, 0.6) is 11.5 Å². The summed E-state index contributed by atoms with van der Waals surface area (Å²) in [7, 11) is 2.99. The third-order valence-electron chi connectivity index (χ3n) is 4.63. The summed E-state index contributed by atoms with van der Waals surface area (Å²) in [4.78, 5) is 28.3. The summed E-state index contributed by atoms with van der Waals surface area (Å²) < 4.78 is 23.8. The molecular formula is C23H27FN6O4. The Hall–Kier alpha value is -4.02. The first-order valence-corrected chi connectivity index (χ1v) is 10.5. The van der Waals surface area contributed by atoms with Crippen molar-refractivity contribution in [2.75, 3.05) is 25.7 Å². The molecule has 0 saturated carbocycles. The van der Waals surface area contributed by atoms with Crippen LogP contribution in [0.3, 0.4) is 0 Å². The quantitative estimate of drug-likeness (QED) is 0.538. The molecule has 0 bridgehead atoms. The summed E-state index contributed by atoms with van der Waals surface area (Å²) in [5.41, 5.74) is 0.521. The molecular weight excluding hydrogens is 443 g/mol. The highest BCUT2D eigenvalue weighted by Gasteiger charge is 2.24. The van der Waals surface area contributed by atoms with Gasteiger partial charge in [-0.3, -0.25) is 9.59 Å². The van der Waals surface area contributed by atoms with Crippen molar-refractivity contribution < 1.29 is 23.5 Å². The zero-order chi connectivity index (χ0) is 24.9. The van der Waals surface area contributed by atoms with Crippen LogP contribution in [0.1, 0.15) is 20.8 Å². The monoisotopic (exact) mass is 470 g/mol. The van der Waals surface area contributed by atoms with E-state index in [2.05, 4.69) is 20.7 Å². The molecule has 11 heteroatoms. The van der Waals surface area contributed by atoms with Gasteiger partial charge in [0, 0.05) is 22.9 Å². The van der Waals surface area contributed by atoms with E-state index >= 15 is 0 Å². The molecule has 0 unspecified atom stereocenters. The van der Waals surface area contributed by atoms with E-state index in [9.17, 15) is 14.0 Å². The minimum atomic E-state index is -0.471. The Kier molecular flexibility index (Phi) is 7.44. The van der Waals surface area contributed by atoms with Gasteiger partial charge in [0.25, 0.3) is 5.91 Å². The number of anilines is 1. The van der Waals surface area contributed by atoms with Gasteiger partial charge >= 0.3 is 0 Å². The first-order chi connectivity index (χ1) is 16.1. The average Bonchev–Trinajstić information content (AvgIpc) is 3.24. The topological polar surface area (TPSA) is 111 Å². The SMILES string of the molecule is COc1ccc(N(CC(=O)NC(C)(C)C)C(=O)Cn2nnc(-c3ccc(F)cc3)n2)cc1OC. The van der Waals surface area contributed by atoms with Gasteiger partial charge in [-0.1, -0.05) is 0 Å². The van der Waals surface area contributed by atoms with Crippen LogP contribution in [0.4, 0.5) is 10.1 Å². The number of nitrogens with zero attached hydrogens (tertiary/aromatic N) is 5. The number of halogens is 1. The number of benzene rings is 2. The molecule has 0 radical (unpaired) electrons. The first kappa shape index (κ1) is 24.6. The van der Waals surface area contributed by atoms with Crippen molar-refractivity contribution in [3.63, 3.8) is 0 Å². The van der Waals surface area contributed by atoms with Gasteiger partial charge in [-0.15, -0.1) is 10.2 Å². The highest BCUT2D eigenvalue weighted by molar-refractivity contribution is 5.99. The minimum absolute atomic E-state index is 0.231. The van der Waals surface area contributed by atoms with Crippen LogP contribution in [0.25, 0.3) is 11.4 Å². The maximum Gasteiger partial charge on any atom is 0.251 e. The highest BCUT2D eigenvalue weighted by atomic mass is 19.1. The number of rotatable bonds is 8. The van der Waals surface area contributed by atoms with Crippen molar-refractivity contribution in [1.82, 2.24) is 25.5 Å². The summed E-state index contributed by atoms with van der Waals surface area (Å²) in [6, 6.07) is 10.5. The third-order valence-corrected chi connectivity index (χ3v) is 4.63. The second kappa shape index (κ2) is 10.3. The lowest BCUT2D eigenvalue weighted by molar-refractivity contribution is -0.125. The van der Waals surface area contributed by atoms with E-state index in [1.807, 2.05) is 20.8 Å². The fourth-order valence-electron chi connectivity index (χ4n) is 3.15. The Balaban J connectivity index is 1.86. The van der Waals surface area contributed by atoms with Crippen LogP contribution >= 0.6 is 0 Å². The van der Waals surface area contributed by atoms with Crippen molar-refractivity contribution in [2.45, 2.75) is 32.9 Å². The van der Waals surface area contributed by atoms with Gasteiger partial charge in [0.05, 0.1) is 14.2 Å². The van der Waals surface area contributed by atoms with Crippen LogP contribution in [0.15, 0.2) is 42.5 Å². The molecule has 0 aliphatic carbocycles. The Morgan fingerprint density at radius 1 is 1.06 bits per heavy atom. The van der Waals surface area contributed by atoms with Crippen LogP contribution in [0.2, 0.25) is 0 Å². The fourth-order valence-corrected chi connectivity index (χ4v) is 3.15. The van der Waals surface area contributed by atoms with E-state index in [-0.39, 0.29) is 30.6 Å². The number of nitrogens with one attached hydrogen (secondary N) is 1. The zero-order valence-corrected chi connectivity index (χ0v) is 19.7. The summed E-state index contributed by atoms with van der Waals surface area (Å²) >= 11 is 0. The smallest absolute Gasteiger partial charge is 0.251 e. The lowest BCUT2D eigenvalue weighted by Crippen LogP contribution is -2.48.